The smallest absolute Gasteiger partial charge is 0.195 e. The van der Waals surface area contributed by atoms with E-state index in [0.717, 1.165) is 11.1 Å². The predicted octanol–water partition coefficient (Wildman–Crippen LogP) is 3.44. The van der Waals surface area contributed by atoms with E-state index in [0.29, 0.717) is 34.4 Å². The molecule has 1 fully saturated rings. The molecular formula is C15H12ClN5O. The zero-order valence-corrected chi connectivity index (χ0v) is 12.3. The van der Waals surface area contributed by atoms with Crippen molar-refractivity contribution in [2.45, 2.75) is 18.8 Å². The third kappa shape index (κ3) is 2.42. The molecule has 1 aliphatic carbocycles. The number of anilines is 2. The average molecular weight is 314 g/mol. The van der Waals surface area contributed by atoms with E-state index in [9.17, 15) is 4.79 Å². The van der Waals surface area contributed by atoms with E-state index < -0.39 is 0 Å². The van der Waals surface area contributed by atoms with Gasteiger partial charge in [0.05, 0.1) is 5.52 Å². The largest absolute Gasteiger partial charge is 0.323 e. The minimum absolute atomic E-state index is 0.107. The molecule has 0 amide bonds. The van der Waals surface area contributed by atoms with Crippen molar-refractivity contribution in [2.24, 2.45) is 0 Å². The average Bonchev–Trinajstić information content (AvgIpc) is 3.27. The van der Waals surface area contributed by atoms with Gasteiger partial charge in [-0.3, -0.25) is 9.89 Å². The number of carbonyl (C=O) groups is 1. The molecule has 6 nitrogen and oxygen atoms in total. The van der Waals surface area contributed by atoms with E-state index in [1.165, 1.54) is 12.8 Å². The Kier molecular flexibility index (Phi) is 3.04. The second-order valence-electron chi connectivity index (χ2n) is 5.32. The van der Waals surface area contributed by atoms with Gasteiger partial charge >= 0.3 is 0 Å². The molecule has 4 rings (SSSR count). The summed E-state index contributed by atoms with van der Waals surface area (Å²) in [5.41, 5.74) is 1.74. The Balaban J connectivity index is 1.76. The number of H-pyrrole nitrogens is 1. The number of nitrogens with one attached hydrogen (secondary N) is 2. The Labute approximate surface area is 130 Å². The van der Waals surface area contributed by atoms with Crippen LogP contribution in [-0.2, 0) is 0 Å². The van der Waals surface area contributed by atoms with Gasteiger partial charge in [0.15, 0.2) is 17.9 Å². The molecule has 2 aromatic heterocycles. The van der Waals surface area contributed by atoms with Crippen LogP contribution in [0, 0.1) is 0 Å². The van der Waals surface area contributed by atoms with Crippen molar-refractivity contribution in [3.05, 3.63) is 40.8 Å². The van der Waals surface area contributed by atoms with Gasteiger partial charge in [0, 0.05) is 28.1 Å². The first-order valence-electron chi connectivity index (χ1n) is 6.98. The summed E-state index contributed by atoms with van der Waals surface area (Å²) in [6, 6.07) is 7.27. The molecule has 3 aromatic rings. The zero-order chi connectivity index (χ0) is 15.1. The number of aromatic amines is 1. The number of halogens is 1. The van der Waals surface area contributed by atoms with E-state index in [4.69, 9.17) is 11.6 Å². The highest BCUT2D eigenvalue weighted by Gasteiger charge is 2.25. The lowest BCUT2D eigenvalue weighted by Crippen LogP contribution is -2.01. The maximum atomic E-state index is 11.0. The molecule has 1 aromatic carbocycles. The van der Waals surface area contributed by atoms with Crippen LogP contribution in [0.25, 0.3) is 10.9 Å². The lowest BCUT2D eigenvalue weighted by Gasteiger charge is -2.07. The quantitative estimate of drug-likeness (QED) is 0.721. The molecular weight excluding hydrogens is 302 g/mol. The van der Waals surface area contributed by atoms with Crippen LogP contribution in [0.1, 0.15) is 35.1 Å². The van der Waals surface area contributed by atoms with E-state index in [1.54, 1.807) is 12.1 Å². The van der Waals surface area contributed by atoms with Crippen LogP contribution in [-0.4, -0.2) is 26.5 Å². The first-order valence-corrected chi connectivity index (χ1v) is 7.35. The fourth-order valence-corrected chi connectivity index (χ4v) is 2.56. The van der Waals surface area contributed by atoms with Gasteiger partial charge in [-0.05, 0) is 31.0 Å². The monoisotopic (exact) mass is 313 g/mol. The van der Waals surface area contributed by atoms with Crippen LogP contribution in [0.4, 0.5) is 11.6 Å². The van der Waals surface area contributed by atoms with Gasteiger partial charge < -0.3 is 5.32 Å². The number of benzene rings is 1. The van der Waals surface area contributed by atoms with Crippen molar-refractivity contribution in [3.8, 4) is 0 Å². The predicted molar refractivity (Wildman–Crippen MR) is 83.8 cm³/mol. The maximum Gasteiger partial charge on any atom is 0.195 e. The third-order valence-corrected chi connectivity index (χ3v) is 3.88. The summed E-state index contributed by atoms with van der Waals surface area (Å²) in [6.45, 7) is 0. The van der Waals surface area contributed by atoms with Crippen molar-refractivity contribution in [1.82, 2.24) is 20.2 Å². The number of fused-ring (bicyclic) bond motifs is 1. The molecule has 1 saturated carbocycles. The van der Waals surface area contributed by atoms with Crippen molar-refractivity contribution in [3.63, 3.8) is 0 Å². The van der Waals surface area contributed by atoms with E-state index in [-0.39, 0.29) is 5.82 Å². The summed E-state index contributed by atoms with van der Waals surface area (Å²) in [5, 5.41) is 11.8. The number of aldehydes is 1. The molecule has 0 saturated heterocycles. The fourth-order valence-electron chi connectivity index (χ4n) is 2.39. The van der Waals surface area contributed by atoms with Gasteiger partial charge in [0.25, 0.3) is 0 Å². The molecule has 0 bridgehead atoms. The van der Waals surface area contributed by atoms with Crippen LogP contribution in [0.15, 0.2) is 24.3 Å². The highest BCUT2D eigenvalue weighted by Crippen LogP contribution is 2.39. The van der Waals surface area contributed by atoms with Crippen molar-refractivity contribution in [2.75, 3.05) is 5.32 Å². The van der Waals surface area contributed by atoms with Crippen molar-refractivity contribution >= 4 is 40.4 Å². The van der Waals surface area contributed by atoms with E-state index in [2.05, 4.69) is 25.5 Å². The van der Waals surface area contributed by atoms with Gasteiger partial charge in [-0.15, -0.1) is 0 Å². The first-order chi connectivity index (χ1) is 10.7. The molecule has 2 heterocycles. The Bertz CT molecular complexity index is 871. The maximum absolute atomic E-state index is 11.0. The van der Waals surface area contributed by atoms with Crippen molar-refractivity contribution < 1.29 is 4.79 Å². The lowest BCUT2D eigenvalue weighted by atomic mass is 10.2. The summed E-state index contributed by atoms with van der Waals surface area (Å²) < 4.78 is 0. The summed E-state index contributed by atoms with van der Waals surface area (Å²) in [7, 11) is 0. The number of hydrogen-bond acceptors (Lipinski definition) is 5. The van der Waals surface area contributed by atoms with Gasteiger partial charge in [-0.2, -0.15) is 5.10 Å². The fraction of sp³-hybridized carbons (Fsp3) is 0.200. The Morgan fingerprint density at radius 3 is 2.91 bits per heavy atom. The summed E-state index contributed by atoms with van der Waals surface area (Å²) in [5.74, 6) is 1.91. The summed E-state index contributed by atoms with van der Waals surface area (Å²) in [4.78, 5) is 19.4. The standard InChI is InChI=1S/C15H12ClN5O/c16-9-3-4-10-12(5-9)17-14(7-22)19-15(10)18-13-6-11(20-21-13)8-1-2-8/h3-8H,1-2H2,(H2,17,18,19,20,21). The summed E-state index contributed by atoms with van der Waals surface area (Å²) in [6.07, 6.45) is 3.02. The molecule has 1 aliphatic rings. The molecule has 0 radical (unpaired) electrons. The number of hydrogen-bond donors (Lipinski definition) is 2. The Hall–Kier alpha value is -2.47. The van der Waals surface area contributed by atoms with Crippen LogP contribution >= 0.6 is 11.6 Å². The second kappa shape index (κ2) is 5.06. The zero-order valence-electron chi connectivity index (χ0n) is 11.5. The van der Waals surface area contributed by atoms with Crippen LogP contribution in [0.5, 0.6) is 0 Å². The van der Waals surface area contributed by atoms with Gasteiger partial charge in [-0.1, -0.05) is 11.6 Å². The number of rotatable bonds is 4. The highest BCUT2D eigenvalue weighted by molar-refractivity contribution is 6.31. The lowest BCUT2D eigenvalue weighted by molar-refractivity contribution is 0.111. The molecule has 110 valence electrons. The highest BCUT2D eigenvalue weighted by atomic mass is 35.5. The SMILES string of the molecule is O=Cc1nc(Nc2cc(C3CC3)[nH]n2)c2ccc(Cl)cc2n1. The molecule has 2 N–H and O–H groups in total. The molecule has 0 unspecified atom stereocenters. The van der Waals surface area contributed by atoms with Gasteiger partial charge in [0.1, 0.15) is 5.82 Å². The summed E-state index contributed by atoms with van der Waals surface area (Å²) >= 11 is 5.99. The minimum Gasteiger partial charge on any atom is -0.323 e. The van der Waals surface area contributed by atoms with Gasteiger partial charge in [0.2, 0.25) is 0 Å². The second-order valence-corrected chi connectivity index (χ2v) is 5.75. The molecule has 0 aliphatic heterocycles. The number of nitrogens with zero attached hydrogens (tertiary/aromatic N) is 3. The molecule has 7 heteroatoms. The topological polar surface area (TPSA) is 83.6 Å². The Morgan fingerprint density at radius 2 is 2.14 bits per heavy atom. The number of carbonyl (C=O) groups excluding carboxylic acids is 1. The normalized spacial score (nSPS) is 14.2. The van der Waals surface area contributed by atoms with E-state index in [1.807, 2.05) is 12.1 Å². The van der Waals surface area contributed by atoms with Crippen LogP contribution < -0.4 is 5.32 Å². The Morgan fingerprint density at radius 1 is 1.27 bits per heavy atom. The number of aromatic nitrogens is 4. The molecule has 0 atom stereocenters. The molecule has 0 spiro atoms. The van der Waals surface area contributed by atoms with Crippen LogP contribution in [0.3, 0.4) is 0 Å². The van der Waals surface area contributed by atoms with Crippen molar-refractivity contribution in [1.29, 1.82) is 0 Å². The molecule has 22 heavy (non-hydrogen) atoms. The minimum atomic E-state index is 0.107. The first kappa shape index (κ1) is 13.2. The van der Waals surface area contributed by atoms with E-state index >= 15 is 0 Å². The van der Waals surface area contributed by atoms with Crippen LogP contribution in [0.2, 0.25) is 5.02 Å². The van der Waals surface area contributed by atoms with Gasteiger partial charge in [-0.25, -0.2) is 9.97 Å². The third-order valence-electron chi connectivity index (χ3n) is 3.64.